The first-order chi connectivity index (χ1) is 9.37. The Morgan fingerprint density at radius 2 is 1.70 bits per heavy atom. The lowest BCUT2D eigenvalue weighted by Gasteiger charge is -2.18. The molecule has 0 heteroatoms. The molecular weight excluding hydrogens is 240 g/mol. The normalized spacial score (nSPS) is 12.3. The molecule has 0 aromatic heterocycles. The van der Waals surface area contributed by atoms with E-state index in [0.29, 0.717) is 11.3 Å². The Hall–Kier alpha value is -1.30. The molecule has 108 valence electrons. The molecular formula is C20H28. The molecule has 0 saturated carbocycles. The lowest BCUT2D eigenvalue weighted by molar-refractivity contribution is 0.366. The second-order valence-electron chi connectivity index (χ2n) is 7.47. The van der Waals surface area contributed by atoms with Crippen LogP contribution >= 0.6 is 0 Å². The van der Waals surface area contributed by atoms with Crippen molar-refractivity contribution in [1.29, 1.82) is 0 Å². The van der Waals surface area contributed by atoms with Crippen LogP contribution in [0.4, 0.5) is 0 Å². The first kappa shape index (κ1) is 15.1. The number of rotatable bonds is 4. The van der Waals surface area contributed by atoms with Gasteiger partial charge in [-0.15, -0.1) is 0 Å². The first-order valence-electron chi connectivity index (χ1n) is 7.88. The van der Waals surface area contributed by atoms with Crippen LogP contribution in [0.3, 0.4) is 0 Å². The molecule has 2 aromatic carbocycles. The minimum atomic E-state index is 0.436. The van der Waals surface area contributed by atoms with E-state index in [1.807, 2.05) is 0 Å². The molecule has 0 unspecified atom stereocenters. The molecule has 0 spiro atoms. The highest BCUT2D eigenvalue weighted by Gasteiger charge is 2.11. The Morgan fingerprint density at radius 3 is 2.35 bits per heavy atom. The highest BCUT2D eigenvalue weighted by Crippen LogP contribution is 2.28. The molecule has 0 fully saturated rings. The summed E-state index contributed by atoms with van der Waals surface area (Å²) in [4.78, 5) is 0. The van der Waals surface area contributed by atoms with Crippen LogP contribution in [0.25, 0.3) is 10.8 Å². The lowest BCUT2D eigenvalue weighted by Crippen LogP contribution is -2.05. The Morgan fingerprint density at radius 1 is 1.00 bits per heavy atom. The van der Waals surface area contributed by atoms with E-state index in [1.54, 1.807) is 0 Å². The third-order valence-electron chi connectivity index (χ3n) is 4.01. The summed E-state index contributed by atoms with van der Waals surface area (Å²) < 4.78 is 0. The molecule has 0 N–H and O–H groups in total. The first-order valence-corrected chi connectivity index (χ1v) is 7.88. The van der Waals surface area contributed by atoms with E-state index in [9.17, 15) is 0 Å². The fourth-order valence-corrected chi connectivity index (χ4v) is 2.76. The minimum absolute atomic E-state index is 0.436. The highest BCUT2D eigenvalue weighted by atomic mass is 14.2. The maximum absolute atomic E-state index is 2.43. The number of aryl methyl sites for hydroxylation is 1. The van der Waals surface area contributed by atoms with Crippen LogP contribution in [-0.4, -0.2) is 0 Å². The number of benzene rings is 2. The summed E-state index contributed by atoms with van der Waals surface area (Å²) in [5.41, 5.74) is 3.43. The van der Waals surface area contributed by atoms with Crippen molar-refractivity contribution in [3.8, 4) is 0 Å². The van der Waals surface area contributed by atoms with Crippen molar-refractivity contribution >= 4 is 10.8 Å². The van der Waals surface area contributed by atoms with Gasteiger partial charge in [0, 0.05) is 0 Å². The third kappa shape index (κ3) is 3.85. The average Bonchev–Trinajstić information content (AvgIpc) is 2.36. The predicted octanol–water partition coefficient (Wildman–Crippen LogP) is 6.33. The molecule has 0 radical (unpaired) electrons. The van der Waals surface area contributed by atoms with Gasteiger partial charge in [0.15, 0.2) is 0 Å². The minimum Gasteiger partial charge on any atom is -0.0616 e. The van der Waals surface area contributed by atoms with E-state index < -0.39 is 0 Å². The zero-order valence-electron chi connectivity index (χ0n) is 13.7. The van der Waals surface area contributed by atoms with Crippen molar-refractivity contribution in [1.82, 2.24) is 0 Å². The molecule has 0 amide bonds. The van der Waals surface area contributed by atoms with Crippen LogP contribution in [0.15, 0.2) is 36.4 Å². The van der Waals surface area contributed by atoms with Gasteiger partial charge in [0.05, 0.1) is 0 Å². The van der Waals surface area contributed by atoms with E-state index in [4.69, 9.17) is 0 Å². The maximum Gasteiger partial charge on any atom is -0.0152 e. The highest BCUT2D eigenvalue weighted by molar-refractivity contribution is 5.86. The molecule has 2 aromatic rings. The Bertz CT molecular complexity index is 570. The predicted molar refractivity (Wildman–Crippen MR) is 90.4 cm³/mol. The van der Waals surface area contributed by atoms with Gasteiger partial charge in [-0.1, -0.05) is 71.0 Å². The number of fused-ring (bicyclic) bond motifs is 1. The van der Waals surface area contributed by atoms with E-state index in [1.165, 1.54) is 41.2 Å². The van der Waals surface area contributed by atoms with Crippen molar-refractivity contribution in [3.63, 3.8) is 0 Å². The van der Waals surface area contributed by atoms with Crippen molar-refractivity contribution < 1.29 is 0 Å². The van der Waals surface area contributed by atoms with Gasteiger partial charge >= 0.3 is 0 Å². The summed E-state index contributed by atoms with van der Waals surface area (Å²) in [6.45, 7) is 11.5. The van der Waals surface area contributed by atoms with Gasteiger partial charge in [-0.2, -0.15) is 0 Å². The molecule has 0 nitrogen and oxygen atoms in total. The number of hydrogen-bond donors (Lipinski definition) is 0. The molecule has 2 rings (SSSR count). The van der Waals surface area contributed by atoms with Crippen molar-refractivity contribution in [3.05, 3.63) is 47.5 Å². The Balaban J connectivity index is 2.30. The van der Waals surface area contributed by atoms with E-state index in [2.05, 4.69) is 71.0 Å². The zero-order chi connectivity index (χ0) is 14.8. The molecule has 0 aliphatic carbocycles. The molecule has 0 aliphatic heterocycles. The maximum atomic E-state index is 2.43. The summed E-state index contributed by atoms with van der Waals surface area (Å²) in [6.07, 6.45) is 3.75. The van der Waals surface area contributed by atoms with E-state index >= 15 is 0 Å². The Kier molecular flexibility index (Phi) is 4.52. The second-order valence-corrected chi connectivity index (χ2v) is 7.47. The second kappa shape index (κ2) is 5.99. The molecule has 0 saturated heterocycles. The standard InChI is InChI=1S/C20H28/c1-15(2)18-13-16-9-6-7-11-19(16)17(14-18)10-8-12-20(3,4)5/h6-7,9,11,13-15H,8,10,12H2,1-5H3. The molecule has 20 heavy (non-hydrogen) atoms. The van der Waals surface area contributed by atoms with Gasteiger partial charge in [0.1, 0.15) is 0 Å². The third-order valence-corrected chi connectivity index (χ3v) is 4.01. The number of hydrogen-bond acceptors (Lipinski definition) is 0. The lowest BCUT2D eigenvalue weighted by atomic mass is 9.87. The van der Waals surface area contributed by atoms with Crippen LogP contribution in [0.2, 0.25) is 0 Å². The molecule has 0 bridgehead atoms. The topological polar surface area (TPSA) is 0 Å². The molecule has 0 aliphatic rings. The monoisotopic (exact) mass is 268 g/mol. The fourth-order valence-electron chi connectivity index (χ4n) is 2.76. The van der Waals surface area contributed by atoms with Gasteiger partial charge in [-0.05, 0) is 52.5 Å². The van der Waals surface area contributed by atoms with Gasteiger partial charge < -0.3 is 0 Å². The summed E-state index contributed by atoms with van der Waals surface area (Å²) in [5.74, 6) is 0.598. The van der Waals surface area contributed by atoms with Crippen molar-refractivity contribution in [2.24, 2.45) is 5.41 Å². The molecule has 0 heterocycles. The van der Waals surface area contributed by atoms with Crippen LogP contribution in [0, 0.1) is 5.41 Å². The smallest absolute Gasteiger partial charge is 0.0152 e. The van der Waals surface area contributed by atoms with Crippen LogP contribution in [-0.2, 0) is 6.42 Å². The largest absolute Gasteiger partial charge is 0.0616 e. The van der Waals surface area contributed by atoms with E-state index in [-0.39, 0.29) is 0 Å². The summed E-state index contributed by atoms with van der Waals surface area (Å²) >= 11 is 0. The van der Waals surface area contributed by atoms with Gasteiger partial charge in [0.25, 0.3) is 0 Å². The molecule has 0 atom stereocenters. The quantitative estimate of drug-likeness (QED) is 0.607. The van der Waals surface area contributed by atoms with Crippen LogP contribution in [0.1, 0.15) is 64.5 Å². The van der Waals surface area contributed by atoms with Crippen LogP contribution < -0.4 is 0 Å². The van der Waals surface area contributed by atoms with Gasteiger partial charge in [0.2, 0.25) is 0 Å². The zero-order valence-corrected chi connectivity index (χ0v) is 13.7. The van der Waals surface area contributed by atoms with Crippen LogP contribution in [0.5, 0.6) is 0 Å². The SMILES string of the molecule is CC(C)c1cc(CCCC(C)(C)C)c2ccccc2c1. The summed E-state index contributed by atoms with van der Waals surface area (Å²) in [6, 6.07) is 13.6. The van der Waals surface area contributed by atoms with E-state index in [0.717, 1.165) is 0 Å². The average molecular weight is 268 g/mol. The fraction of sp³-hybridized carbons (Fsp3) is 0.500. The van der Waals surface area contributed by atoms with Crippen molar-refractivity contribution in [2.75, 3.05) is 0 Å². The Labute approximate surface area is 124 Å². The van der Waals surface area contributed by atoms with Gasteiger partial charge in [-0.25, -0.2) is 0 Å². The summed E-state index contributed by atoms with van der Waals surface area (Å²) in [7, 11) is 0. The van der Waals surface area contributed by atoms with Gasteiger partial charge in [-0.3, -0.25) is 0 Å². The van der Waals surface area contributed by atoms with Crippen molar-refractivity contribution in [2.45, 2.75) is 59.8 Å². The summed E-state index contributed by atoms with van der Waals surface area (Å²) in [5, 5.41) is 2.83.